The van der Waals surface area contributed by atoms with E-state index in [1.54, 1.807) is 54.0 Å². The van der Waals surface area contributed by atoms with Gasteiger partial charge < -0.3 is 33.5 Å². The summed E-state index contributed by atoms with van der Waals surface area (Å²) in [4.78, 5) is 14.1. The molecule has 20 heteroatoms. The van der Waals surface area contributed by atoms with Crippen LogP contribution in [0.3, 0.4) is 0 Å². The van der Waals surface area contributed by atoms with E-state index in [4.69, 9.17) is 33.7 Å². The van der Waals surface area contributed by atoms with Gasteiger partial charge in [0.25, 0.3) is 0 Å². The zero-order chi connectivity index (χ0) is 44.7. The normalized spacial score (nSPS) is 15.0. The molecule has 8 rings (SSSR count). The van der Waals surface area contributed by atoms with Crippen LogP contribution in [0.2, 0.25) is 0 Å². The van der Waals surface area contributed by atoms with Gasteiger partial charge in [-0.15, -0.1) is 22.7 Å². The van der Waals surface area contributed by atoms with Crippen molar-refractivity contribution in [3.63, 3.8) is 0 Å². The van der Waals surface area contributed by atoms with Crippen LogP contribution in [0.4, 0.5) is 10.3 Å². The fraction of sp³-hybridized carbons (Fsp3) is 0.302. The fourth-order valence-electron chi connectivity index (χ4n) is 7.01. The molecule has 4 aromatic carbocycles. The van der Waals surface area contributed by atoms with E-state index < -0.39 is 20.0 Å². The summed E-state index contributed by atoms with van der Waals surface area (Å²) in [5, 5.41) is 5.81. The van der Waals surface area contributed by atoms with Crippen molar-refractivity contribution in [1.82, 2.24) is 18.6 Å². The Bertz CT molecular complexity index is 2740. The molecule has 2 aliphatic rings. The number of piperazine rings is 2. The number of ether oxygens (including phenoxy) is 5. The van der Waals surface area contributed by atoms with Gasteiger partial charge in [-0.2, -0.15) is 8.61 Å². The second-order valence-electron chi connectivity index (χ2n) is 14.1. The van der Waals surface area contributed by atoms with Crippen LogP contribution in [0.15, 0.2) is 110 Å². The van der Waals surface area contributed by atoms with E-state index in [0.717, 1.165) is 43.0 Å². The number of methoxy groups -OCH3 is 5. The molecule has 0 atom stereocenters. The van der Waals surface area contributed by atoms with Crippen LogP contribution in [0.1, 0.15) is 0 Å². The maximum Gasteiger partial charge on any atom is 0.246 e. The average Bonchev–Trinajstić information content (AvgIpc) is 4.03. The molecule has 0 saturated carbocycles. The van der Waals surface area contributed by atoms with Crippen molar-refractivity contribution in [2.45, 2.75) is 9.79 Å². The van der Waals surface area contributed by atoms with E-state index >= 15 is 0 Å². The first-order valence-corrected chi connectivity index (χ1v) is 25.1. The van der Waals surface area contributed by atoms with Crippen molar-refractivity contribution in [3.8, 4) is 51.3 Å². The molecule has 0 spiro atoms. The third kappa shape index (κ3) is 10.4. The van der Waals surface area contributed by atoms with Gasteiger partial charge >= 0.3 is 0 Å². The second kappa shape index (κ2) is 20.3. The highest BCUT2D eigenvalue weighted by Gasteiger charge is 2.33. The minimum absolute atomic E-state index is 0.142. The summed E-state index contributed by atoms with van der Waals surface area (Å²) >= 11 is 6.61. The number of benzene rings is 4. The lowest BCUT2D eigenvalue weighted by Crippen LogP contribution is -2.48. The highest BCUT2D eigenvalue weighted by atomic mass is 79.9. The van der Waals surface area contributed by atoms with Crippen LogP contribution >= 0.6 is 38.6 Å². The first kappa shape index (κ1) is 46.0. The molecule has 0 unspecified atom stereocenters. The Labute approximate surface area is 384 Å². The number of thiazole rings is 2. The largest absolute Gasteiger partial charge is 0.497 e. The first-order chi connectivity index (χ1) is 30.4. The van der Waals surface area contributed by atoms with E-state index in [-0.39, 0.29) is 21.3 Å². The van der Waals surface area contributed by atoms with Gasteiger partial charge in [-0.3, -0.25) is 0 Å². The number of hydrogen-bond donors (Lipinski definition) is 0. The number of sulfonamides is 2. The van der Waals surface area contributed by atoms with Crippen molar-refractivity contribution < 1.29 is 40.5 Å². The molecule has 0 bridgehead atoms. The molecule has 4 heterocycles. The predicted octanol–water partition coefficient (Wildman–Crippen LogP) is 7.45. The SMILES string of the molecule is COc1ccc(S(=O)(=O)N2CCN(c3nc(-c4cccc(Br)c4)cs3)CC2)c(OC)c1.COc1cccc(-c2csc(N3CCN(S(=O)(=O)c4ccc(OC)cc4OC)CC3)n2)c1. The number of aromatic nitrogens is 2. The van der Waals surface area contributed by atoms with E-state index in [0.29, 0.717) is 63.9 Å². The molecule has 0 aliphatic carbocycles. The molecule has 2 fully saturated rings. The van der Waals surface area contributed by atoms with Crippen LogP contribution < -0.4 is 33.5 Å². The van der Waals surface area contributed by atoms with Gasteiger partial charge in [0.2, 0.25) is 20.0 Å². The Balaban J connectivity index is 0.000000189. The summed E-state index contributed by atoms with van der Waals surface area (Å²) in [7, 11) is 0.247. The first-order valence-electron chi connectivity index (χ1n) is 19.6. The third-order valence-corrected chi connectivity index (χ3v) is 16.6. The number of hydrogen-bond acceptors (Lipinski definition) is 15. The van der Waals surface area contributed by atoms with E-state index in [1.165, 1.54) is 49.2 Å². The van der Waals surface area contributed by atoms with E-state index in [9.17, 15) is 16.8 Å². The highest BCUT2D eigenvalue weighted by molar-refractivity contribution is 9.10. The van der Waals surface area contributed by atoms with Crippen molar-refractivity contribution in [1.29, 1.82) is 0 Å². The third-order valence-electron chi connectivity index (χ3n) is 10.5. The minimum atomic E-state index is -3.69. The van der Waals surface area contributed by atoms with Gasteiger partial charge in [0, 0.05) is 90.9 Å². The van der Waals surface area contributed by atoms with Crippen LogP contribution in [0.5, 0.6) is 28.7 Å². The summed E-state index contributed by atoms with van der Waals surface area (Å²) in [6.07, 6.45) is 0. The van der Waals surface area contributed by atoms with Gasteiger partial charge in [-0.25, -0.2) is 26.8 Å². The molecule has 2 saturated heterocycles. The molecular weight excluding hydrogens is 953 g/mol. The molecule has 0 radical (unpaired) electrons. The maximum atomic E-state index is 13.2. The molecular formula is C43H47BrN6O9S4. The Morgan fingerprint density at radius 2 is 0.921 bits per heavy atom. The van der Waals surface area contributed by atoms with Crippen LogP contribution in [-0.2, 0) is 20.0 Å². The zero-order valence-electron chi connectivity index (χ0n) is 35.3. The lowest BCUT2D eigenvalue weighted by Gasteiger charge is -2.34. The second-order valence-corrected chi connectivity index (χ2v) is 20.5. The number of anilines is 2. The topological polar surface area (TPSA) is 153 Å². The monoisotopic (exact) mass is 998 g/mol. The van der Waals surface area contributed by atoms with E-state index in [1.807, 2.05) is 59.3 Å². The smallest absolute Gasteiger partial charge is 0.246 e. The summed E-state index contributed by atoms with van der Waals surface area (Å²) in [6, 6.07) is 25.3. The van der Waals surface area contributed by atoms with Gasteiger partial charge in [0.15, 0.2) is 10.3 Å². The Hall–Kier alpha value is -4.96. The molecule has 0 N–H and O–H groups in total. The minimum Gasteiger partial charge on any atom is -0.497 e. The number of nitrogens with zero attached hydrogens (tertiary/aromatic N) is 6. The molecule has 0 amide bonds. The van der Waals surface area contributed by atoms with Crippen molar-refractivity contribution >= 4 is 68.9 Å². The average molecular weight is 1000 g/mol. The van der Waals surface area contributed by atoms with Gasteiger partial charge in [-0.1, -0.05) is 40.2 Å². The van der Waals surface area contributed by atoms with Crippen LogP contribution in [0, 0.1) is 0 Å². The molecule has 63 heavy (non-hydrogen) atoms. The van der Waals surface area contributed by atoms with Crippen LogP contribution in [0.25, 0.3) is 22.5 Å². The fourth-order valence-corrected chi connectivity index (χ4v) is 12.3. The van der Waals surface area contributed by atoms with Gasteiger partial charge in [-0.05, 0) is 48.5 Å². The summed E-state index contributed by atoms with van der Waals surface area (Å²) in [5.74, 6) is 2.42. The van der Waals surface area contributed by atoms with Gasteiger partial charge in [0.1, 0.15) is 38.5 Å². The lowest BCUT2D eigenvalue weighted by molar-refractivity contribution is 0.369. The Kier molecular flexibility index (Phi) is 14.8. The summed E-state index contributed by atoms with van der Waals surface area (Å²) in [5.41, 5.74) is 3.82. The van der Waals surface area contributed by atoms with E-state index in [2.05, 4.69) is 25.7 Å². The quantitative estimate of drug-likeness (QED) is 0.113. The number of halogens is 1. The summed E-state index contributed by atoms with van der Waals surface area (Å²) in [6.45, 7) is 3.75. The van der Waals surface area contributed by atoms with Crippen molar-refractivity contribution in [3.05, 3.63) is 100 Å². The lowest BCUT2D eigenvalue weighted by atomic mass is 10.2. The zero-order valence-corrected chi connectivity index (χ0v) is 40.1. The standard InChI is InChI=1S/C22H25N3O5S2.C21H22BrN3O4S2/c1-28-17-6-4-5-16(13-17)19-15-31-22(23-19)24-9-11-25(12-10-24)32(26,27)21-8-7-18(29-2)14-20(21)30-3;1-28-17-6-7-20(19(13-17)29-2)31(26,27)25-10-8-24(9-11-25)21-23-18(14-30-21)15-4-3-5-16(22)12-15/h4-8,13-15H,9-12H2,1-3H3;3-7,12-14H,8-11H2,1-2H3. The molecule has 15 nitrogen and oxygen atoms in total. The maximum absolute atomic E-state index is 13.2. The summed E-state index contributed by atoms with van der Waals surface area (Å²) < 4.78 is 83.1. The van der Waals surface area contributed by atoms with Crippen molar-refractivity contribution in [2.24, 2.45) is 0 Å². The van der Waals surface area contributed by atoms with Crippen LogP contribution in [-0.4, -0.2) is 123 Å². The predicted molar refractivity (Wildman–Crippen MR) is 250 cm³/mol. The van der Waals surface area contributed by atoms with Crippen molar-refractivity contribution in [2.75, 3.05) is 97.7 Å². The Morgan fingerprint density at radius 1 is 0.508 bits per heavy atom. The Morgan fingerprint density at radius 3 is 1.33 bits per heavy atom. The molecule has 2 aromatic heterocycles. The highest BCUT2D eigenvalue weighted by Crippen LogP contribution is 2.35. The molecule has 334 valence electrons. The van der Waals surface area contributed by atoms with Gasteiger partial charge in [0.05, 0.1) is 46.9 Å². The number of rotatable bonds is 13. The molecule has 6 aromatic rings. The molecule has 2 aliphatic heterocycles.